The maximum Gasteiger partial charge on any atom is 0.283 e. The van der Waals surface area contributed by atoms with E-state index in [1.807, 2.05) is 12.1 Å². The van der Waals surface area contributed by atoms with E-state index in [2.05, 4.69) is 24.1 Å². The number of alkyl halides is 2. The van der Waals surface area contributed by atoms with Gasteiger partial charge < -0.3 is 15.0 Å². The SMILES string of the molecule is CCC(C)[C@H](NCC1CCCO1)c1cc(C(F)(F)P)ccc1N1CCC[C@@H](C(=O)CCc2ccc(Cl)cc2Cl)CC1. The van der Waals surface area contributed by atoms with Gasteiger partial charge in [-0.25, -0.2) is 0 Å². The zero-order valence-corrected chi connectivity index (χ0v) is 26.8. The monoisotopic (exact) mass is 626 g/mol. The molecule has 9 heteroatoms. The van der Waals surface area contributed by atoms with Crippen molar-refractivity contribution in [2.24, 2.45) is 11.8 Å². The highest BCUT2D eigenvalue weighted by atomic mass is 35.5. The molecule has 41 heavy (non-hydrogen) atoms. The predicted molar refractivity (Wildman–Crippen MR) is 169 cm³/mol. The van der Waals surface area contributed by atoms with Crippen molar-refractivity contribution >= 4 is 43.9 Å². The molecule has 226 valence electrons. The number of rotatable bonds is 12. The summed E-state index contributed by atoms with van der Waals surface area (Å²) in [5, 5.41) is 4.87. The Morgan fingerprint density at radius 2 is 1.95 bits per heavy atom. The summed E-state index contributed by atoms with van der Waals surface area (Å²) in [5.74, 6) is 0.476. The van der Waals surface area contributed by atoms with Gasteiger partial charge in [0.15, 0.2) is 0 Å². The van der Waals surface area contributed by atoms with Gasteiger partial charge in [-0.1, -0.05) is 64.8 Å². The third-order valence-electron chi connectivity index (χ3n) is 8.73. The molecule has 5 atom stereocenters. The Balaban J connectivity index is 1.51. The van der Waals surface area contributed by atoms with E-state index < -0.39 is 5.66 Å². The fraction of sp³-hybridized carbons (Fsp3) is 0.594. The molecule has 2 aliphatic rings. The van der Waals surface area contributed by atoms with Gasteiger partial charge in [0.1, 0.15) is 5.78 Å². The second kappa shape index (κ2) is 14.9. The van der Waals surface area contributed by atoms with Crippen LogP contribution < -0.4 is 10.2 Å². The van der Waals surface area contributed by atoms with Crippen molar-refractivity contribution in [3.8, 4) is 0 Å². The maximum absolute atomic E-state index is 14.5. The summed E-state index contributed by atoms with van der Waals surface area (Å²) in [6, 6.07) is 10.4. The molecule has 3 unspecified atom stereocenters. The minimum Gasteiger partial charge on any atom is -0.377 e. The molecule has 0 spiro atoms. The van der Waals surface area contributed by atoms with Gasteiger partial charge in [0.2, 0.25) is 0 Å². The predicted octanol–water partition coefficient (Wildman–Crippen LogP) is 8.58. The number of nitrogens with one attached hydrogen (secondary N) is 1. The molecular formula is C32H43Cl2F2N2O2P. The first kappa shape index (κ1) is 32.6. The number of anilines is 1. The molecule has 2 aliphatic heterocycles. The van der Waals surface area contributed by atoms with Crippen LogP contribution in [0.15, 0.2) is 36.4 Å². The van der Waals surface area contributed by atoms with E-state index in [9.17, 15) is 13.6 Å². The highest BCUT2D eigenvalue weighted by molar-refractivity contribution is 7.17. The molecule has 0 aromatic heterocycles. The summed E-state index contributed by atoms with van der Waals surface area (Å²) in [7, 11) is 1.68. The molecule has 0 bridgehead atoms. The van der Waals surface area contributed by atoms with Crippen LogP contribution in [0.25, 0.3) is 0 Å². The molecule has 2 heterocycles. The Morgan fingerprint density at radius 1 is 1.15 bits per heavy atom. The minimum atomic E-state index is -3.01. The molecule has 0 saturated carbocycles. The molecule has 1 N–H and O–H groups in total. The number of halogens is 4. The van der Waals surface area contributed by atoms with E-state index in [1.165, 1.54) is 0 Å². The van der Waals surface area contributed by atoms with Crippen LogP contribution in [0, 0.1) is 11.8 Å². The number of ketones is 1. The number of Topliss-reactive ketones (excluding diaryl/α,β-unsaturated/α-hetero) is 1. The van der Waals surface area contributed by atoms with Crippen molar-refractivity contribution in [3.63, 3.8) is 0 Å². The zero-order valence-electron chi connectivity index (χ0n) is 24.1. The van der Waals surface area contributed by atoms with Gasteiger partial charge in [-0.3, -0.25) is 4.79 Å². The maximum atomic E-state index is 14.5. The summed E-state index contributed by atoms with van der Waals surface area (Å²) in [4.78, 5) is 15.5. The smallest absolute Gasteiger partial charge is 0.283 e. The van der Waals surface area contributed by atoms with E-state index in [4.69, 9.17) is 27.9 Å². The lowest BCUT2D eigenvalue weighted by Gasteiger charge is -2.33. The Labute approximate surface area is 256 Å². The van der Waals surface area contributed by atoms with Crippen LogP contribution in [0.2, 0.25) is 10.0 Å². The number of ether oxygens (including phenoxy) is 1. The molecule has 0 amide bonds. The summed E-state index contributed by atoms with van der Waals surface area (Å²) in [6.07, 6.45) is 6.62. The molecule has 2 aromatic carbocycles. The van der Waals surface area contributed by atoms with E-state index in [0.29, 0.717) is 36.0 Å². The molecule has 2 aromatic rings. The lowest BCUT2D eigenvalue weighted by atomic mass is 9.89. The lowest BCUT2D eigenvalue weighted by molar-refractivity contribution is -0.123. The normalized spacial score (nSPS) is 21.5. The quantitative estimate of drug-likeness (QED) is 0.240. The van der Waals surface area contributed by atoms with Crippen LogP contribution in [0.1, 0.15) is 81.5 Å². The Hall–Kier alpha value is -1.30. The van der Waals surface area contributed by atoms with Crippen LogP contribution >= 0.6 is 32.4 Å². The van der Waals surface area contributed by atoms with E-state index in [1.54, 1.807) is 33.5 Å². The number of nitrogens with zero attached hydrogens (tertiary/aromatic N) is 1. The van der Waals surface area contributed by atoms with Crippen LogP contribution in [0.3, 0.4) is 0 Å². The highest BCUT2D eigenvalue weighted by Crippen LogP contribution is 2.41. The number of carbonyl (C=O) groups is 1. The number of benzene rings is 2. The first-order chi connectivity index (χ1) is 19.6. The van der Waals surface area contributed by atoms with Crippen LogP contribution in [0.4, 0.5) is 14.5 Å². The number of carbonyl (C=O) groups excluding carboxylic acids is 1. The first-order valence-electron chi connectivity index (χ1n) is 14.9. The summed E-state index contributed by atoms with van der Waals surface area (Å²) in [5.41, 5.74) is -0.196. The van der Waals surface area contributed by atoms with E-state index in [0.717, 1.165) is 68.5 Å². The van der Waals surface area contributed by atoms with Gasteiger partial charge in [-0.05, 0) is 79.8 Å². The summed E-state index contributed by atoms with van der Waals surface area (Å²) >= 11 is 12.3. The molecule has 2 saturated heterocycles. The fourth-order valence-corrected chi connectivity index (χ4v) is 6.74. The molecule has 4 nitrogen and oxygen atoms in total. The van der Waals surface area contributed by atoms with E-state index in [-0.39, 0.29) is 35.3 Å². The average Bonchev–Trinajstić information content (AvgIpc) is 3.34. The van der Waals surface area contributed by atoms with Gasteiger partial charge in [-0.15, -0.1) is 0 Å². The van der Waals surface area contributed by atoms with Gasteiger partial charge in [0, 0.05) is 65.9 Å². The van der Waals surface area contributed by atoms with Crippen LogP contribution in [-0.2, 0) is 21.6 Å². The van der Waals surface area contributed by atoms with Crippen molar-refractivity contribution < 1.29 is 18.3 Å². The van der Waals surface area contributed by atoms with Crippen molar-refractivity contribution in [1.29, 1.82) is 0 Å². The van der Waals surface area contributed by atoms with Crippen LogP contribution in [0.5, 0.6) is 0 Å². The Morgan fingerprint density at radius 3 is 2.63 bits per heavy atom. The second-order valence-electron chi connectivity index (χ2n) is 11.6. The van der Waals surface area contributed by atoms with E-state index >= 15 is 0 Å². The molecule has 4 rings (SSSR count). The minimum absolute atomic E-state index is 0.00259. The standard InChI is InChI=1S/C32H43Cl2F2N2O2P/c1-3-21(2)31(37-20-26-7-5-17-40-26)27-18-24(32(35,36)41)10-12-29(27)38-15-4-6-23(14-16-38)30(39)13-9-22-8-11-25(33)19-28(22)34/h8,10-12,18-19,21,23,26,31,37H,3-7,9,13-17,20,41H2,1-2H3/t21?,23-,26?,31+/m1/s1. The summed E-state index contributed by atoms with van der Waals surface area (Å²) in [6.45, 7) is 7.28. The largest absolute Gasteiger partial charge is 0.377 e. The number of hydrogen-bond donors (Lipinski definition) is 1. The molecular weight excluding hydrogens is 584 g/mol. The second-order valence-corrected chi connectivity index (χ2v) is 13.2. The van der Waals surface area contributed by atoms with Crippen molar-refractivity contribution in [2.75, 3.05) is 31.1 Å². The van der Waals surface area contributed by atoms with Crippen molar-refractivity contribution in [2.45, 2.75) is 83.0 Å². The number of aryl methyl sites for hydroxylation is 1. The van der Waals surface area contributed by atoms with Crippen LogP contribution in [-0.4, -0.2) is 38.1 Å². The van der Waals surface area contributed by atoms with Gasteiger partial charge >= 0.3 is 0 Å². The molecule has 0 radical (unpaired) electrons. The lowest BCUT2D eigenvalue weighted by Crippen LogP contribution is -2.35. The molecule has 0 aliphatic carbocycles. The highest BCUT2D eigenvalue weighted by Gasteiger charge is 2.31. The third-order valence-corrected chi connectivity index (χ3v) is 9.65. The van der Waals surface area contributed by atoms with Crippen molar-refractivity contribution in [1.82, 2.24) is 5.32 Å². The van der Waals surface area contributed by atoms with Gasteiger partial charge in [-0.2, -0.15) is 8.78 Å². The average molecular weight is 628 g/mol. The van der Waals surface area contributed by atoms with Crippen molar-refractivity contribution in [3.05, 3.63) is 63.1 Å². The third kappa shape index (κ3) is 8.86. The topological polar surface area (TPSA) is 41.6 Å². The molecule has 2 fully saturated rings. The van der Waals surface area contributed by atoms with Gasteiger partial charge in [0.25, 0.3) is 5.66 Å². The summed E-state index contributed by atoms with van der Waals surface area (Å²) < 4.78 is 34.8. The number of hydrogen-bond acceptors (Lipinski definition) is 4. The Bertz CT molecular complexity index is 1170. The Kier molecular flexibility index (Phi) is 11.9. The zero-order chi connectivity index (χ0) is 29.6. The van der Waals surface area contributed by atoms with Gasteiger partial charge in [0.05, 0.1) is 6.10 Å². The first-order valence-corrected chi connectivity index (χ1v) is 16.3. The fourth-order valence-electron chi connectivity index (χ4n) is 6.06.